The Morgan fingerprint density at radius 1 is 1.04 bits per heavy atom. The minimum Gasteiger partial charge on any atom is -0.354 e. The Morgan fingerprint density at radius 2 is 1.69 bits per heavy atom. The molecule has 1 aromatic heterocycles. The van der Waals surface area contributed by atoms with Crippen LogP contribution in [0.15, 0.2) is 67.0 Å². The first-order valence-electron chi connectivity index (χ1n) is 8.27. The van der Waals surface area contributed by atoms with E-state index in [4.69, 9.17) is 11.6 Å². The van der Waals surface area contributed by atoms with Gasteiger partial charge in [-0.05, 0) is 36.2 Å². The van der Waals surface area contributed by atoms with Crippen molar-refractivity contribution >= 4 is 29.1 Å². The molecular weight excluding hydrogens is 348 g/mol. The predicted molar refractivity (Wildman–Crippen MR) is 105 cm³/mol. The number of rotatable bonds is 6. The Morgan fingerprint density at radius 3 is 2.35 bits per heavy atom. The number of nitrogens with zero attached hydrogens (tertiary/aromatic N) is 3. The molecule has 1 amide bonds. The molecule has 132 valence electrons. The maximum atomic E-state index is 12.5. The van der Waals surface area contributed by atoms with Crippen molar-refractivity contribution in [1.82, 2.24) is 9.97 Å². The van der Waals surface area contributed by atoms with E-state index in [9.17, 15) is 4.79 Å². The molecule has 0 radical (unpaired) electrons. The van der Waals surface area contributed by atoms with Crippen LogP contribution in [0.2, 0.25) is 5.02 Å². The number of para-hydroxylation sites is 1. The average molecular weight is 367 g/mol. The van der Waals surface area contributed by atoms with E-state index in [1.54, 1.807) is 24.3 Å². The molecule has 0 aliphatic carbocycles. The van der Waals surface area contributed by atoms with E-state index in [1.807, 2.05) is 54.6 Å². The molecule has 3 rings (SSSR count). The fourth-order valence-corrected chi connectivity index (χ4v) is 2.59. The Bertz CT molecular complexity index is 851. The highest BCUT2D eigenvalue weighted by atomic mass is 35.5. The fourth-order valence-electron chi connectivity index (χ4n) is 2.46. The number of hydrogen-bond donors (Lipinski definition) is 1. The van der Waals surface area contributed by atoms with Crippen LogP contribution in [0.1, 0.15) is 15.9 Å². The van der Waals surface area contributed by atoms with Gasteiger partial charge < -0.3 is 10.2 Å². The van der Waals surface area contributed by atoms with Crippen LogP contribution in [0.3, 0.4) is 0 Å². The topological polar surface area (TPSA) is 58.1 Å². The van der Waals surface area contributed by atoms with Crippen molar-refractivity contribution < 1.29 is 4.79 Å². The lowest BCUT2D eigenvalue weighted by molar-refractivity contribution is 0.0992. The molecule has 1 heterocycles. The number of hydrogen-bond acceptors (Lipinski definition) is 4. The summed E-state index contributed by atoms with van der Waals surface area (Å²) >= 11 is 5.88. The third-order valence-corrected chi connectivity index (χ3v) is 4.21. The lowest BCUT2D eigenvalue weighted by Gasteiger charge is -2.17. The van der Waals surface area contributed by atoms with Crippen molar-refractivity contribution in [2.75, 3.05) is 23.8 Å². The highest BCUT2D eigenvalue weighted by Gasteiger charge is 2.14. The number of benzene rings is 2. The standard InChI is InChI=1S/C20H19ClN4O/c1-25(18-5-3-2-4-6-18)19(26)16-13-23-20(24-14-16)22-12-11-15-7-9-17(21)10-8-15/h2-10,13-14H,11-12H2,1H3,(H,22,23,24). The van der Waals surface area contributed by atoms with E-state index < -0.39 is 0 Å². The van der Waals surface area contributed by atoms with Gasteiger partial charge in [0.2, 0.25) is 5.95 Å². The van der Waals surface area contributed by atoms with Gasteiger partial charge in [0.15, 0.2) is 0 Å². The molecule has 2 aromatic carbocycles. The van der Waals surface area contributed by atoms with Gasteiger partial charge in [-0.15, -0.1) is 0 Å². The zero-order valence-corrected chi connectivity index (χ0v) is 15.1. The average Bonchev–Trinajstić information content (AvgIpc) is 2.69. The number of carbonyl (C=O) groups excluding carboxylic acids is 1. The molecule has 6 heteroatoms. The molecule has 1 N–H and O–H groups in total. The lowest BCUT2D eigenvalue weighted by atomic mass is 10.1. The molecule has 0 saturated carbocycles. The SMILES string of the molecule is CN(C(=O)c1cnc(NCCc2ccc(Cl)cc2)nc1)c1ccccc1. The number of halogens is 1. The second kappa shape index (κ2) is 8.45. The maximum Gasteiger partial charge on any atom is 0.261 e. The Balaban J connectivity index is 1.56. The highest BCUT2D eigenvalue weighted by molar-refractivity contribution is 6.30. The van der Waals surface area contributed by atoms with Crippen LogP contribution < -0.4 is 10.2 Å². The van der Waals surface area contributed by atoms with Gasteiger partial charge in [0, 0.05) is 36.7 Å². The minimum absolute atomic E-state index is 0.149. The Kier molecular flexibility index (Phi) is 5.81. The molecule has 0 saturated heterocycles. The predicted octanol–water partition coefficient (Wildman–Crippen LogP) is 4.06. The van der Waals surface area contributed by atoms with Crippen molar-refractivity contribution in [2.24, 2.45) is 0 Å². The van der Waals surface area contributed by atoms with Crippen LogP contribution in [0.25, 0.3) is 0 Å². The van der Waals surface area contributed by atoms with Crippen molar-refractivity contribution in [3.8, 4) is 0 Å². The van der Waals surface area contributed by atoms with E-state index >= 15 is 0 Å². The number of carbonyl (C=O) groups is 1. The first-order chi connectivity index (χ1) is 12.6. The van der Waals surface area contributed by atoms with Gasteiger partial charge in [-0.3, -0.25) is 4.79 Å². The zero-order valence-electron chi connectivity index (χ0n) is 14.4. The second-order valence-corrected chi connectivity index (χ2v) is 6.23. The van der Waals surface area contributed by atoms with Crippen LogP contribution in [0.5, 0.6) is 0 Å². The quantitative estimate of drug-likeness (QED) is 0.714. The van der Waals surface area contributed by atoms with Gasteiger partial charge >= 0.3 is 0 Å². The molecule has 0 spiro atoms. The summed E-state index contributed by atoms with van der Waals surface area (Å²) in [6.45, 7) is 0.693. The Labute approximate surface area is 157 Å². The summed E-state index contributed by atoms with van der Waals surface area (Å²) in [6, 6.07) is 17.2. The van der Waals surface area contributed by atoms with Crippen LogP contribution in [0.4, 0.5) is 11.6 Å². The van der Waals surface area contributed by atoms with Crippen molar-refractivity contribution in [1.29, 1.82) is 0 Å². The van der Waals surface area contributed by atoms with Crippen LogP contribution in [-0.2, 0) is 6.42 Å². The molecule has 0 atom stereocenters. The zero-order chi connectivity index (χ0) is 18.4. The summed E-state index contributed by atoms with van der Waals surface area (Å²) in [5.41, 5.74) is 2.44. The lowest BCUT2D eigenvalue weighted by Crippen LogP contribution is -2.26. The number of aromatic nitrogens is 2. The summed E-state index contributed by atoms with van der Waals surface area (Å²) in [7, 11) is 1.73. The summed E-state index contributed by atoms with van der Waals surface area (Å²) in [5.74, 6) is 0.349. The number of nitrogens with one attached hydrogen (secondary N) is 1. The molecule has 0 aliphatic heterocycles. The highest BCUT2D eigenvalue weighted by Crippen LogP contribution is 2.14. The summed E-state index contributed by atoms with van der Waals surface area (Å²) < 4.78 is 0. The van der Waals surface area contributed by atoms with E-state index in [1.165, 1.54) is 5.56 Å². The first kappa shape index (κ1) is 17.9. The van der Waals surface area contributed by atoms with E-state index in [2.05, 4.69) is 15.3 Å². The largest absolute Gasteiger partial charge is 0.354 e. The Hall–Kier alpha value is -2.92. The summed E-state index contributed by atoms with van der Waals surface area (Å²) in [6.07, 6.45) is 3.91. The fraction of sp³-hybridized carbons (Fsp3) is 0.150. The first-order valence-corrected chi connectivity index (χ1v) is 8.65. The smallest absolute Gasteiger partial charge is 0.261 e. The summed E-state index contributed by atoms with van der Waals surface area (Å²) in [4.78, 5) is 22.5. The molecule has 0 unspecified atom stereocenters. The molecule has 0 fully saturated rings. The van der Waals surface area contributed by atoms with Gasteiger partial charge in [-0.25, -0.2) is 9.97 Å². The second-order valence-electron chi connectivity index (χ2n) is 5.80. The molecule has 3 aromatic rings. The molecule has 26 heavy (non-hydrogen) atoms. The third-order valence-electron chi connectivity index (χ3n) is 3.96. The molecule has 5 nitrogen and oxygen atoms in total. The molecule has 0 aliphatic rings. The van der Waals surface area contributed by atoms with E-state index in [0.717, 1.165) is 17.1 Å². The van der Waals surface area contributed by atoms with Gasteiger partial charge in [0.25, 0.3) is 5.91 Å². The van der Waals surface area contributed by atoms with Crippen molar-refractivity contribution in [3.05, 3.63) is 83.1 Å². The van der Waals surface area contributed by atoms with Gasteiger partial charge in [0.05, 0.1) is 5.56 Å². The number of amides is 1. The van der Waals surface area contributed by atoms with Gasteiger partial charge in [-0.1, -0.05) is 41.9 Å². The van der Waals surface area contributed by atoms with Gasteiger partial charge in [0.1, 0.15) is 0 Å². The molecule has 0 bridgehead atoms. The van der Waals surface area contributed by atoms with Crippen LogP contribution in [0, 0.1) is 0 Å². The maximum absolute atomic E-state index is 12.5. The summed E-state index contributed by atoms with van der Waals surface area (Å²) in [5, 5.41) is 3.88. The third kappa shape index (κ3) is 4.58. The van der Waals surface area contributed by atoms with Crippen molar-refractivity contribution in [2.45, 2.75) is 6.42 Å². The van der Waals surface area contributed by atoms with Crippen LogP contribution in [-0.4, -0.2) is 29.5 Å². The number of anilines is 2. The monoisotopic (exact) mass is 366 g/mol. The normalized spacial score (nSPS) is 10.4. The van der Waals surface area contributed by atoms with Crippen molar-refractivity contribution in [3.63, 3.8) is 0 Å². The van der Waals surface area contributed by atoms with Crippen LogP contribution >= 0.6 is 11.6 Å². The van der Waals surface area contributed by atoms with Gasteiger partial charge in [-0.2, -0.15) is 0 Å². The van der Waals surface area contributed by atoms with E-state index in [0.29, 0.717) is 18.1 Å². The van der Waals surface area contributed by atoms with E-state index in [-0.39, 0.29) is 5.91 Å². The molecular formula is C20H19ClN4O. The minimum atomic E-state index is -0.149.